The second-order valence-corrected chi connectivity index (χ2v) is 15.9. The van der Waals surface area contributed by atoms with Crippen LogP contribution in [-0.2, 0) is 0 Å². The maximum atomic E-state index is 12.6. The zero-order chi connectivity index (χ0) is 36.0. The molecule has 1 saturated carbocycles. The van der Waals surface area contributed by atoms with Gasteiger partial charge in [-0.2, -0.15) is 0 Å². The van der Waals surface area contributed by atoms with E-state index in [4.69, 9.17) is 0 Å². The summed E-state index contributed by atoms with van der Waals surface area (Å²) in [5, 5.41) is 12.4. The molecule has 0 spiro atoms. The molecule has 0 bridgehead atoms. The first-order valence-electron chi connectivity index (χ1n) is 22.8. The molecular weight excluding hydrogens is 617 g/mol. The zero-order valence-corrected chi connectivity index (χ0v) is 33.8. The van der Waals surface area contributed by atoms with E-state index in [1.807, 2.05) is 0 Å². The molecule has 0 saturated heterocycles. The summed E-state index contributed by atoms with van der Waals surface area (Å²) in [6, 6.07) is -0.150. The van der Waals surface area contributed by atoms with Gasteiger partial charge in [0.2, 0.25) is 0 Å². The highest BCUT2D eigenvalue weighted by Gasteiger charge is 2.27. The molecule has 4 N–H and O–H groups in total. The highest BCUT2D eigenvalue weighted by atomic mass is 16.2. The lowest BCUT2D eigenvalue weighted by Crippen LogP contribution is -2.56. The van der Waals surface area contributed by atoms with Gasteiger partial charge in [0, 0.05) is 13.1 Å². The van der Waals surface area contributed by atoms with Crippen molar-refractivity contribution in [3.63, 3.8) is 0 Å². The van der Waals surface area contributed by atoms with Crippen LogP contribution in [0.25, 0.3) is 0 Å². The summed E-state index contributed by atoms with van der Waals surface area (Å²) in [6.45, 7) is 6.04. The van der Waals surface area contributed by atoms with Crippen LogP contribution in [0.2, 0.25) is 0 Å². The third-order valence-electron chi connectivity index (χ3n) is 11.0. The number of hydrogen-bond acceptors (Lipinski definition) is 2. The Morgan fingerprint density at radius 1 is 0.360 bits per heavy atom. The Morgan fingerprint density at radius 3 is 0.820 bits per heavy atom. The van der Waals surface area contributed by atoms with Crippen molar-refractivity contribution in [2.45, 2.75) is 257 Å². The Labute approximate surface area is 312 Å². The maximum Gasteiger partial charge on any atom is 0.315 e. The van der Waals surface area contributed by atoms with Crippen LogP contribution in [-0.4, -0.2) is 37.2 Å². The van der Waals surface area contributed by atoms with Gasteiger partial charge in [0.15, 0.2) is 0 Å². The maximum absolute atomic E-state index is 12.6. The largest absolute Gasteiger partial charge is 0.338 e. The molecule has 0 aliphatic heterocycles. The lowest BCUT2D eigenvalue weighted by Gasteiger charge is -2.32. The van der Waals surface area contributed by atoms with Gasteiger partial charge in [-0.25, -0.2) is 9.59 Å². The van der Waals surface area contributed by atoms with E-state index >= 15 is 0 Å². The second-order valence-electron chi connectivity index (χ2n) is 15.9. The topological polar surface area (TPSA) is 82.3 Å². The van der Waals surface area contributed by atoms with E-state index in [1.54, 1.807) is 0 Å². The summed E-state index contributed by atoms with van der Waals surface area (Å²) < 4.78 is 0. The Bertz CT molecular complexity index is 673. The molecule has 0 aromatic carbocycles. The molecule has 50 heavy (non-hydrogen) atoms. The van der Waals surface area contributed by atoms with Crippen LogP contribution < -0.4 is 21.3 Å². The number of carbonyl (C=O) groups excluding carboxylic acids is 2. The molecular formula is C44H88N4O2. The van der Waals surface area contributed by atoms with Gasteiger partial charge in [-0.15, -0.1) is 0 Å². The van der Waals surface area contributed by atoms with E-state index in [0.717, 1.165) is 51.6 Å². The number of unbranched alkanes of at least 4 members (excludes halogenated alkanes) is 30. The fourth-order valence-corrected chi connectivity index (χ4v) is 7.67. The Hall–Kier alpha value is -1.46. The minimum Gasteiger partial charge on any atom is -0.338 e. The van der Waals surface area contributed by atoms with Gasteiger partial charge in [0.05, 0.1) is 12.1 Å². The van der Waals surface area contributed by atoms with Crippen LogP contribution in [0, 0.1) is 0 Å². The highest BCUT2D eigenvalue weighted by Crippen LogP contribution is 2.19. The first-order valence-corrected chi connectivity index (χ1v) is 22.8. The molecule has 6 heteroatoms. The third kappa shape index (κ3) is 31.3. The molecule has 1 aliphatic carbocycles. The predicted molar refractivity (Wildman–Crippen MR) is 218 cm³/mol. The predicted octanol–water partition coefficient (Wildman–Crippen LogP) is 13.4. The molecule has 1 rings (SSSR count). The molecule has 1 fully saturated rings. The molecule has 0 aromatic heterocycles. The number of amides is 4. The van der Waals surface area contributed by atoms with E-state index in [0.29, 0.717) is 0 Å². The van der Waals surface area contributed by atoms with Crippen LogP contribution >= 0.6 is 0 Å². The molecule has 2 atom stereocenters. The summed E-state index contributed by atoms with van der Waals surface area (Å²) in [5.41, 5.74) is 0. The molecule has 0 heterocycles. The van der Waals surface area contributed by atoms with Crippen LogP contribution in [0.5, 0.6) is 0 Å². The van der Waals surface area contributed by atoms with Gasteiger partial charge in [-0.3, -0.25) is 0 Å². The summed E-state index contributed by atoms with van der Waals surface area (Å²) in [6.07, 6.45) is 47.5. The number of hydrogen-bond donors (Lipinski definition) is 4. The Morgan fingerprint density at radius 2 is 0.580 bits per heavy atom. The van der Waals surface area contributed by atoms with Crippen molar-refractivity contribution in [3.05, 3.63) is 0 Å². The molecule has 0 aromatic rings. The van der Waals surface area contributed by atoms with Gasteiger partial charge in [-0.05, 0) is 25.7 Å². The SMILES string of the molecule is CCCCCCCCCCCCCCCCCCNC(=O)N[C@@H]1CCCC[C@H]1NC(=O)NCCCCCCCCCCCCCCCCCC. The zero-order valence-electron chi connectivity index (χ0n) is 33.8. The van der Waals surface area contributed by atoms with E-state index in [2.05, 4.69) is 35.1 Å². The summed E-state index contributed by atoms with van der Waals surface area (Å²) in [4.78, 5) is 25.2. The average Bonchev–Trinajstić information content (AvgIpc) is 3.11. The van der Waals surface area contributed by atoms with Crippen molar-refractivity contribution < 1.29 is 9.59 Å². The third-order valence-corrected chi connectivity index (χ3v) is 11.0. The van der Waals surface area contributed by atoms with Gasteiger partial charge >= 0.3 is 12.1 Å². The lowest BCUT2D eigenvalue weighted by molar-refractivity contribution is 0.213. The normalized spacial score (nSPS) is 16.0. The fraction of sp³-hybridized carbons (Fsp3) is 0.955. The Balaban J connectivity index is 1.93. The highest BCUT2D eigenvalue weighted by molar-refractivity contribution is 5.75. The number of urea groups is 2. The minimum atomic E-state index is -0.0850. The van der Waals surface area contributed by atoms with Crippen molar-refractivity contribution in [2.24, 2.45) is 0 Å². The average molecular weight is 705 g/mol. The van der Waals surface area contributed by atoms with E-state index in [9.17, 15) is 9.59 Å². The van der Waals surface area contributed by atoms with Crippen molar-refractivity contribution in [3.8, 4) is 0 Å². The Kier molecular flexibility index (Phi) is 34.7. The second kappa shape index (κ2) is 37.3. The lowest BCUT2D eigenvalue weighted by atomic mass is 9.90. The van der Waals surface area contributed by atoms with Crippen LogP contribution in [0.3, 0.4) is 0 Å². The number of carbonyl (C=O) groups is 2. The molecule has 4 amide bonds. The molecule has 1 aliphatic rings. The fourth-order valence-electron chi connectivity index (χ4n) is 7.67. The number of rotatable bonds is 36. The molecule has 0 unspecified atom stereocenters. The summed E-state index contributed by atoms with van der Waals surface area (Å²) in [5.74, 6) is 0. The first-order chi connectivity index (χ1) is 24.7. The van der Waals surface area contributed by atoms with Gasteiger partial charge in [0.1, 0.15) is 0 Å². The van der Waals surface area contributed by atoms with Crippen molar-refractivity contribution >= 4 is 12.1 Å². The summed E-state index contributed by atoms with van der Waals surface area (Å²) >= 11 is 0. The monoisotopic (exact) mass is 705 g/mol. The van der Waals surface area contributed by atoms with Crippen LogP contribution in [0.4, 0.5) is 9.59 Å². The summed E-state index contributed by atoms with van der Waals surface area (Å²) in [7, 11) is 0. The quantitative estimate of drug-likeness (QED) is 0.0490. The minimum absolute atomic E-state index is 0.0100. The standard InChI is InChI=1S/C44H88N4O2/c1-3-5-7-9-11-13-15-17-19-21-23-25-27-29-31-35-39-45-43(49)47-41-37-33-34-38-42(41)48-44(50)46-40-36-32-30-28-26-24-22-20-18-16-14-12-10-8-6-4-2/h41-42H,3-40H2,1-2H3,(H2,45,47,49)(H2,46,48,50)/t41-,42-/m1/s1. The smallest absolute Gasteiger partial charge is 0.315 e. The van der Waals surface area contributed by atoms with Crippen molar-refractivity contribution in [2.75, 3.05) is 13.1 Å². The van der Waals surface area contributed by atoms with Crippen molar-refractivity contribution in [1.29, 1.82) is 0 Å². The van der Waals surface area contributed by atoms with Gasteiger partial charge < -0.3 is 21.3 Å². The number of nitrogens with one attached hydrogen (secondary N) is 4. The van der Waals surface area contributed by atoms with Gasteiger partial charge in [-0.1, -0.05) is 219 Å². The van der Waals surface area contributed by atoms with E-state index in [-0.39, 0.29) is 24.1 Å². The van der Waals surface area contributed by atoms with Crippen molar-refractivity contribution in [1.82, 2.24) is 21.3 Å². The molecule has 6 nitrogen and oxygen atoms in total. The molecule has 296 valence electrons. The van der Waals surface area contributed by atoms with Crippen LogP contribution in [0.15, 0.2) is 0 Å². The first kappa shape index (κ1) is 46.6. The van der Waals surface area contributed by atoms with Gasteiger partial charge in [0.25, 0.3) is 0 Å². The van der Waals surface area contributed by atoms with E-state index < -0.39 is 0 Å². The van der Waals surface area contributed by atoms with Crippen LogP contribution in [0.1, 0.15) is 245 Å². The van der Waals surface area contributed by atoms with E-state index in [1.165, 1.54) is 193 Å². The molecule has 0 radical (unpaired) electrons.